The Labute approximate surface area is 152 Å². The number of rotatable bonds is 7. The van der Waals surface area contributed by atoms with Crippen LogP contribution in [0.2, 0.25) is 5.02 Å². The molecule has 2 aromatic rings. The molecule has 2 rings (SSSR count). The van der Waals surface area contributed by atoms with Crippen molar-refractivity contribution >= 4 is 38.9 Å². The number of hydrogen-bond acceptors (Lipinski definition) is 4. The first-order valence-corrected chi connectivity index (χ1v) is 9.70. The monoisotopic (exact) mass is 382 g/mol. The quantitative estimate of drug-likeness (QED) is 0.798. The Morgan fingerprint density at radius 3 is 2.36 bits per heavy atom. The molecule has 0 heterocycles. The number of benzene rings is 2. The van der Waals surface area contributed by atoms with Crippen LogP contribution in [0.3, 0.4) is 0 Å². The van der Waals surface area contributed by atoms with Crippen LogP contribution in [0.25, 0.3) is 0 Å². The smallest absolute Gasteiger partial charge is 0.232 e. The maximum absolute atomic E-state index is 12.1. The summed E-state index contributed by atoms with van der Waals surface area (Å²) in [6, 6.07) is 13.4. The Kier molecular flexibility index (Phi) is 6.27. The average molecular weight is 383 g/mol. The highest BCUT2D eigenvalue weighted by Gasteiger charge is 2.19. The topological polar surface area (TPSA) is 75.7 Å². The SMILES string of the molecule is COc1ccc(N(CCC(=O)Nc2ccccc2Cl)S(C)(=O)=O)cc1. The first kappa shape index (κ1) is 19.1. The fourth-order valence-corrected chi connectivity index (χ4v) is 3.32. The summed E-state index contributed by atoms with van der Waals surface area (Å²) < 4.78 is 30.4. The van der Waals surface area contributed by atoms with E-state index in [2.05, 4.69) is 5.32 Å². The minimum atomic E-state index is -3.53. The Morgan fingerprint density at radius 1 is 1.16 bits per heavy atom. The predicted molar refractivity (Wildman–Crippen MR) is 99.9 cm³/mol. The highest BCUT2D eigenvalue weighted by atomic mass is 35.5. The van der Waals surface area contributed by atoms with Crippen molar-refractivity contribution in [1.29, 1.82) is 0 Å². The predicted octanol–water partition coefficient (Wildman–Crippen LogP) is 3.14. The molecule has 8 heteroatoms. The molecule has 2 aromatic carbocycles. The molecular weight excluding hydrogens is 364 g/mol. The summed E-state index contributed by atoms with van der Waals surface area (Å²) in [6.07, 6.45) is 1.09. The number of anilines is 2. The highest BCUT2D eigenvalue weighted by Crippen LogP contribution is 2.23. The summed E-state index contributed by atoms with van der Waals surface area (Å²) in [5.74, 6) is 0.295. The second-order valence-electron chi connectivity index (χ2n) is 5.31. The van der Waals surface area contributed by atoms with Gasteiger partial charge in [0.15, 0.2) is 0 Å². The summed E-state index contributed by atoms with van der Waals surface area (Å²) in [5.41, 5.74) is 0.957. The van der Waals surface area contributed by atoms with Crippen molar-refractivity contribution in [2.45, 2.75) is 6.42 Å². The molecule has 0 spiro atoms. The number of sulfonamides is 1. The van der Waals surface area contributed by atoms with Crippen LogP contribution in [-0.2, 0) is 14.8 Å². The lowest BCUT2D eigenvalue weighted by Crippen LogP contribution is -2.33. The molecule has 1 N–H and O–H groups in total. The zero-order chi connectivity index (χ0) is 18.4. The van der Waals surface area contributed by atoms with Gasteiger partial charge >= 0.3 is 0 Å². The van der Waals surface area contributed by atoms with E-state index >= 15 is 0 Å². The third-order valence-electron chi connectivity index (χ3n) is 3.45. The van der Waals surface area contributed by atoms with Gasteiger partial charge in [-0.15, -0.1) is 0 Å². The molecule has 0 aliphatic rings. The van der Waals surface area contributed by atoms with E-state index in [0.29, 0.717) is 22.1 Å². The molecule has 0 aromatic heterocycles. The van der Waals surface area contributed by atoms with E-state index in [9.17, 15) is 13.2 Å². The van der Waals surface area contributed by atoms with E-state index in [1.807, 2.05) is 0 Å². The molecule has 1 amide bonds. The first-order valence-electron chi connectivity index (χ1n) is 7.47. The molecule has 0 saturated heterocycles. The molecule has 0 atom stereocenters. The van der Waals surface area contributed by atoms with E-state index in [-0.39, 0.29) is 18.9 Å². The summed E-state index contributed by atoms with van der Waals surface area (Å²) in [5, 5.41) is 3.10. The second-order valence-corrected chi connectivity index (χ2v) is 7.63. The Morgan fingerprint density at radius 2 is 1.80 bits per heavy atom. The molecule has 0 bridgehead atoms. The number of hydrogen-bond donors (Lipinski definition) is 1. The van der Waals surface area contributed by atoms with Gasteiger partial charge in [-0.25, -0.2) is 8.42 Å². The number of methoxy groups -OCH3 is 1. The molecule has 0 fully saturated rings. The summed E-state index contributed by atoms with van der Waals surface area (Å²) >= 11 is 6.00. The fraction of sp³-hybridized carbons (Fsp3) is 0.235. The van der Waals surface area contributed by atoms with Crippen LogP contribution in [0, 0.1) is 0 Å². The fourth-order valence-electron chi connectivity index (χ4n) is 2.21. The van der Waals surface area contributed by atoms with Gasteiger partial charge in [0, 0.05) is 13.0 Å². The van der Waals surface area contributed by atoms with E-state index < -0.39 is 10.0 Å². The maximum atomic E-state index is 12.1. The number of carbonyl (C=O) groups excluding carboxylic acids is 1. The zero-order valence-corrected chi connectivity index (χ0v) is 15.5. The van der Waals surface area contributed by atoms with Crippen LogP contribution in [0.4, 0.5) is 11.4 Å². The summed E-state index contributed by atoms with van der Waals surface area (Å²) in [6.45, 7) is 0.0153. The van der Waals surface area contributed by atoms with Crippen molar-refractivity contribution in [3.63, 3.8) is 0 Å². The maximum Gasteiger partial charge on any atom is 0.232 e. The number of nitrogens with zero attached hydrogens (tertiary/aromatic N) is 1. The Balaban J connectivity index is 2.07. The van der Waals surface area contributed by atoms with Crippen LogP contribution < -0.4 is 14.4 Å². The molecule has 134 valence electrons. The second kappa shape index (κ2) is 8.22. The molecule has 0 radical (unpaired) electrons. The van der Waals surface area contributed by atoms with Crippen molar-refractivity contribution in [3.8, 4) is 5.75 Å². The van der Waals surface area contributed by atoms with Gasteiger partial charge in [0.05, 0.1) is 29.8 Å². The van der Waals surface area contributed by atoms with Crippen molar-refractivity contribution in [3.05, 3.63) is 53.6 Å². The molecule has 0 aliphatic heterocycles. The van der Waals surface area contributed by atoms with Gasteiger partial charge in [-0.1, -0.05) is 23.7 Å². The third-order valence-corrected chi connectivity index (χ3v) is 4.97. The molecule has 0 unspecified atom stereocenters. The van der Waals surface area contributed by atoms with E-state index in [1.54, 1.807) is 48.5 Å². The van der Waals surface area contributed by atoms with E-state index in [1.165, 1.54) is 11.4 Å². The minimum Gasteiger partial charge on any atom is -0.497 e. The number of nitrogens with one attached hydrogen (secondary N) is 1. The van der Waals surface area contributed by atoms with E-state index in [4.69, 9.17) is 16.3 Å². The van der Waals surface area contributed by atoms with Crippen LogP contribution in [0.15, 0.2) is 48.5 Å². The van der Waals surface area contributed by atoms with Crippen molar-refractivity contribution in [2.24, 2.45) is 0 Å². The lowest BCUT2D eigenvalue weighted by atomic mass is 10.2. The lowest BCUT2D eigenvalue weighted by Gasteiger charge is -2.22. The molecule has 0 saturated carbocycles. The molecular formula is C17H19ClN2O4S. The van der Waals surface area contributed by atoms with Gasteiger partial charge in [0.1, 0.15) is 5.75 Å². The van der Waals surface area contributed by atoms with Crippen LogP contribution in [0.1, 0.15) is 6.42 Å². The van der Waals surface area contributed by atoms with Gasteiger partial charge in [-0.3, -0.25) is 9.10 Å². The van der Waals surface area contributed by atoms with Crippen molar-refractivity contribution in [1.82, 2.24) is 0 Å². The number of halogens is 1. The zero-order valence-electron chi connectivity index (χ0n) is 13.9. The normalized spacial score (nSPS) is 11.0. The largest absolute Gasteiger partial charge is 0.497 e. The molecule has 25 heavy (non-hydrogen) atoms. The van der Waals surface area contributed by atoms with E-state index in [0.717, 1.165) is 6.26 Å². The van der Waals surface area contributed by atoms with Crippen LogP contribution in [0.5, 0.6) is 5.75 Å². The van der Waals surface area contributed by atoms with Crippen LogP contribution >= 0.6 is 11.6 Å². The van der Waals surface area contributed by atoms with Crippen molar-refractivity contribution in [2.75, 3.05) is 29.5 Å². The molecule has 0 aliphatic carbocycles. The molecule has 6 nitrogen and oxygen atoms in total. The van der Waals surface area contributed by atoms with Gasteiger partial charge in [-0.05, 0) is 36.4 Å². The summed E-state index contributed by atoms with van der Waals surface area (Å²) in [7, 11) is -2.00. The minimum absolute atomic E-state index is 0.00960. The van der Waals surface area contributed by atoms with Gasteiger partial charge in [-0.2, -0.15) is 0 Å². The van der Waals surface area contributed by atoms with Crippen molar-refractivity contribution < 1.29 is 17.9 Å². The third kappa shape index (κ3) is 5.37. The van der Waals surface area contributed by atoms with Gasteiger partial charge in [0.25, 0.3) is 0 Å². The van der Waals surface area contributed by atoms with Gasteiger partial charge in [0.2, 0.25) is 15.9 Å². The Bertz CT molecular complexity index is 838. The number of carbonyl (C=O) groups is 1. The number of ether oxygens (including phenoxy) is 1. The first-order chi connectivity index (χ1) is 11.8. The highest BCUT2D eigenvalue weighted by molar-refractivity contribution is 7.92. The Hall–Kier alpha value is -2.25. The standard InChI is InChI=1S/C17H19ClN2O4S/c1-24-14-9-7-13(8-10-14)20(25(2,22)23)12-11-17(21)19-16-6-4-3-5-15(16)18/h3-10H,11-12H2,1-2H3,(H,19,21). The number of amides is 1. The number of para-hydroxylation sites is 1. The van der Waals surface area contributed by atoms with Crippen LogP contribution in [-0.4, -0.2) is 34.2 Å². The summed E-state index contributed by atoms with van der Waals surface area (Å²) in [4.78, 5) is 12.1. The lowest BCUT2D eigenvalue weighted by molar-refractivity contribution is -0.116. The average Bonchev–Trinajstić information content (AvgIpc) is 2.56. The van der Waals surface area contributed by atoms with Gasteiger partial charge < -0.3 is 10.1 Å².